The van der Waals surface area contributed by atoms with Crippen LogP contribution in [0, 0.1) is 0 Å². The second kappa shape index (κ2) is 6.80. The Kier molecular flexibility index (Phi) is 5.35. The summed E-state index contributed by atoms with van der Waals surface area (Å²) in [5.41, 5.74) is 6.24. The van der Waals surface area contributed by atoms with Crippen LogP contribution in [-0.4, -0.2) is 40.9 Å². The summed E-state index contributed by atoms with van der Waals surface area (Å²) in [4.78, 5) is 21.4. The zero-order valence-corrected chi connectivity index (χ0v) is 10.3. The first-order valence-electron chi connectivity index (χ1n) is 5.63. The van der Waals surface area contributed by atoms with Gasteiger partial charge in [0.2, 0.25) is 5.91 Å². The van der Waals surface area contributed by atoms with Crippen molar-refractivity contribution in [1.29, 1.82) is 0 Å². The van der Waals surface area contributed by atoms with Crippen LogP contribution in [-0.2, 0) is 11.3 Å². The molecule has 1 heterocycles. The molecular formula is C11H19N5O. The zero-order chi connectivity index (χ0) is 12.7. The van der Waals surface area contributed by atoms with Crippen molar-refractivity contribution in [1.82, 2.24) is 20.2 Å². The lowest BCUT2D eigenvalue weighted by Crippen LogP contribution is -2.35. The predicted octanol–water partition coefficient (Wildman–Crippen LogP) is 0.0168. The second-order valence-corrected chi connectivity index (χ2v) is 3.95. The van der Waals surface area contributed by atoms with E-state index in [0.717, 1.165) is 12.1 Å². The van der Waals surface area contributed by atoms with Gasteiger partial charge in [-0.1, -0.05) is 6.92 Å². The molecule has 0 atom stereocenters. The van der Waals surface area contributed by atoms with Crippen LogP contribution in [0.15, 0.2) is 12.4 Å². The van der Waals surface area contributed by atoms with Gasteiger partial charge in [-0.2, -0.15) is 0 Å². The van der Waals surface area contributed by atoms with Gasteiger partial charge in [0, 0.05) is 13.1 Å². The summed E-state index contributed by atoms with van der Waals surface area (Å²) in [6, 6.07) is 0. The minimum absolute atomic E-state index is 0.0257. The van der Waals surface area contributed by atoms with Crippen molar-refractivity contribution >= 4 is 11.7 Å². The number of likely N-dealkylation sites (N-methyl/N-ethyl adjacent to an activating group) is 1. The summed E-state index contributed by atoms with van der Waals surface area (Å²) >= 11 is 0. The molecule has 17 heavy (non-hydrogen) atoms. The lowest BCUT2D eigenvalue weighted by atomic mass is 10.4. The Balaban J connectivity index is 2.36. The van der Waals surface area contributed by atoms with Gasteiger partial charge >= 0.3 is 0 Å². The highest BCUT2D eigenvalue weighted by molar-refractivity contribution is 5.77. The van der Waals surface area contributed by atoms with Crippen LogP contribution in [0.2, 0.25) is 0 Å². The van der Waals surface area contributed by atoms with Crippen LogP contribution in [0.3, 0.4) is 0 Å². The molecule has 3 N–H and O–H groups in total. The number of anilines is 1. The van der Waals surface area contributed by atoms with Crippen LogP contribution >= 0.6 is 0 Å². The highest BCUT2D eigenvalue weighted by Gasteiger charge is 2.07. The third kappa shape index (κ3) is 5.26. The number of nitrogen functional groups attached to an aromatic ring is 1. The monoisotopic (exact) mass is 237 g/mol. The standard InChI is InChI=1S/C11H19N5O/c1-3-4-13-11(17)8-16(2)7-9-5-15-10(12)6-14-9/h5-6H,3-4,7-8H2,1-2H3,(H2,12,15)(H,13,17). The number of carbonyl (C=O) groups excluding carboxylic acids is 1. The predicted molar refractivity (Wildman–Crippen MR) is 66.1 cm³/mol. The number of rotatable bonds is 6. The molecule has 0 saturated carbocycles. The number of aromatic nitrogens is 2. The molecule has 0 aromatic carbocycles. The van der Waals surface area contributed by atoms with Crippen molar-refractivity contribution < 1.29 is 4.79 Å². The van der Waals surface area contributed by atoms with E-state index in [9.17, 15) is 4.79 Å². The summed E-state index contributed by atoms with van der Waals surface area (Å²) in [6.45, 7) is 3.67. The zero-order valence-electron chi connectivity index (χ0n) is 10.3. The molecule has 0 spiro atoms. The minimum Gasteiger partial charge on any atom is -0.382 e. The molecule has 0 radical (unpaired) electrons. The number of nitrogens with two attached hydrogens (primary N) is 1. The largest absolute Gasteiger partial charge is 0.382 e. The fourth-order valence-corrected chi connectivity index (χ4v) is 1.34. The van der Waals surface area contributed by atoms with Crippen LogP contribution in [0.1, 0.15) is 19.0 Å². The van der Waals surface area contributed by atoms with Gasteiger partial charge in [-0.15, -0.1) is 0 Å². The molecule has 0 fully saturated rings. The fourth-order valence-electron chi connectivity index (χ4n) is 1.34. The number of carbonyl (C=O) groups is 1. The van der Waals surface area contributed by atoms with E-state index in [1.54, 1.807) is 6.20 Å². The average Bonchev–Trinajstić information content (AvgIpc) is 2.29. The van der Waals surface area contributed by atoms with Gasteiger partial charge in [-0.05, 0) is 13.5 Å². The van der Waals surface area contributed by atoms with E-state index >= 15 is 0 Å². The topological polar surface area (TPSA) is 84.1 Å². The molecule has 0 aliphatic rings. The van der Waals surface area contributed by atoms with Crippen LogP contribution < -0.4 is 11.1 Å². The van der Waals surface area contributed by atoms with Gasteiger partial charge in [0.25, 0.3) is 0 Å². The summed E-state index contributed by atoms with van der Waals surface area (Å²) in [6.07, 6.45) is 4.08. The molecule has 0 unspecified atom stereocenters. The molecule has 6 heteroatoms. The third-order valence-corrected chi connectivity index (χ3v) is 2.14. The van der Waals surface area contributed by atoms with E-state index in [1.165, 1.54) is 6.20 Å². The molecule has 0 bridgehead atoms. The molecule has 0 aliphatic carbocycles. The van der Waals surface area contributed by atoms with E-state index in [4.69, 9.17) is 5.73 Å². The molecule has 1 amide bonds. The van der Waals surface area contributed by atoms with Crippen molar-refractivity contribution in [3.05, 3.63) is 18.1 Å². The Morgan fingerprint density at radius 2 is 2.24 bits per heavy atom. The Hall–Kier alpha value is -1.69. The summed E-state index contributed by atoms with van der Waals surface area (Å²) in [5, 5.41) is 2.82. The smallest absolute Gasteiger partial charge is 0.234 e. The number of hydrogen-bond donors (Lipinski definition) is 2. The Labute approximate surface area is 101 Å². The maximum atomic E-state index is 11.4. The minimum atomic E-state index is 0.0257. The Morgan fingerprint density at radius 1 is 1.47 bits per heavy atom. The normalized spacial score (nSPS) is 10.5. The number of nitrogens with one attached hydrogen (secondary N) is 1. The Bertz CT molecular complexity index is 351. The highest BCUT2D eigenvalue weighted by Crippen LogP contribution is 1.99. The number of amides is 1. The molecule has 1 aromatic heterocycles. The molecular weight excluding hydrogens is 218 g/mol. The summed E-state index contributed by atoms with van der Waals surface area (Å²) < 4.78 is 0. The van der Waals surface area contributed by atoms with Crippen molar-refractivity contribution in [2.75, 3.05) is 25.9 Å². The highest BCUT2D eigenvalue weighted by atomic mass is 16.2. The maximum absolute atomic E-state index is 11.4. The Morgan fingerprint density at radius 3 is 2.82 bits per heavy atom. The molecule has 1 rings (SSSR count). The van der Waals surface area contributed by atoms with E-state index in [1.807, 2.05) is 18.9 Å². The van der Waals surface area contributed by atoms with Crippen molar-refractivity contribution in [2.45, 2.75) is 19.9 Å². The quantitative estimate of drug-likeness (QED) is 0.728. The second-order valence-electron chi connectivity index (χ2n) is 3.95. The number of hydrogen-bond acceptors (Lipinski definition) is 5. The van der Waals surface area contributed by atoms with Crippen molar-refractivity contribution in [2.24, 2.45) is 0 Å². The number of nitrogens with zero attached hydrogens (tertiary/aromatic N) is 3. The third-order valence-electron chi connectivity index (χ3n) is 2.14. The summed E-state index contributed by atoms with van der Waals surface area (Å²) in [5.74, 6) is 0.426. The van der Waals surface area contributed by atoms with Crippen LogP contribution in [0.25, 0.3) is 0 Å². The first kappa shape index (κ1) is 13.4. The van der Waals surface area contributed by atoms with E-state index in [2.05, 4.69) is 15.3 Å². The van der Waals surface area contributed by atoms with Gasteiger partial charge in [0.15, 0.2) is 0 Å². The summed E-state index contributed by atoms with van der Waals surface area (Å²) in [7, 11) is 1.86. The van der Waals surface area contributed by atoms with Crippen molar-refractivity contribution in [3.8, 4) is 0 Å². The van der Waals surface area contributed by atoms with Crippen LogP contribution in [0.5, 0.6) is 0 Å². The van der Waals surface area contributed by atoms with Gasteiger partial charge in [0.05, 0.1) is 24.6 Å². The average molecular weight is 237 g/mol. The lowest BCUT2D eigenvalue weighted by molar-refractivity contribution is -0.122. The SMILES string of the molecule is CCCNC(=O)CN(C)Cc1cnc(N)cn1. The molecule has 6 nitrogen and oxygen atoms in total. The van der Waals surface area contributed by atoms with Gasteiger partial charge < -0.3 is 11.1 Å². The maximum Gasteiger partial charge on any atom is 0.234 e. The molecule has 94 valence electrons. The molecule has 1 aromatic rings. The van der Waals surface area contributed by atoms with E-state index in [0.29, 0.717) is 25.5 Å². The lowest BCUT2D eigenvalue weighted by Gasteiger charge is -2.15. The van der Waals surface area contributed by atoms with Crippen LogP contribution in [0.4, 0.5) is 5.82 Å². The first-order valence-corrected chi connectivity index (χ1v) is 5.63. The molecule has 0 saturated heterocycles. The van der Waals surface area contributed by atoms with Crippen molar-refractivity contribution in [3.63, 3.8) is 0 Å². The van der Waals surface area contributed by atoms with Gasteiger partial charge in [-0.3, -0.25) is 14.7 Å². The van der Waals surface area contributed by atoms with Gasteiger partial charge in [-0.25, -0.2) is 4.98 Å². The van der Waals surface area contributed by atoms with E-state index in [-0.39, 0.29) is 5.91 Å². The molecule has 0 aliphatic heterocycles. The van der Waals surface area contributed by atoms with Gasteiger partial charge in [0.1, 0.15) is 5.82 Å². The fraction of sp³-hybridized carbons (Fsp3) is 0.545. The van der Waals surface area contributed by atoms with E-state index < -0.39 is 0 Å². The first-order chi connectivity index (χ1) is 8.11.